The van der Waals surface area contributed by atoms with Crippen LogP contribution in [0.25, 0.3) is 0 Å². The van der Waals surface area contributed by atoms with E-state index in [1.807, 2.05) is 50.2 Å². The maximum atomic E-state index is 12.9. The van der Waals surface area contributed by atoms with Gasteiger partial charge in [0.15, 0.2) is 6.10 Å². The zero-order valence-electron chi connectivity index (χ0n) is 22.0. The number of anilines is 1. The van der Waals surface area contributed by atoms with Crippen molar-refractivity contribution in [2.45, 2.75) is 51.5 Å². The molecule has 6 nitrogen and oxygen atoms in total. The van der Waals surface area contributed by atoms with Gasteiger partial charge in [0.05, 0.1) is 12.9 Å². The number of nitrogens with one attached hydrogen (secondary N) is 1. The Hall–Kier alpha value is -4.03. The molecule has 2 unspecified atom stereocenters. The van der Waals surface area contributed by atoms with Crippen molar-refractivity contribution in [2.24, 2.45) is 0 Å². The fourth-order valence-corrected chi connectivity index (χ4v) is 4.65. The van der Waals surface area contributed by atoms with Crippen LogP contribution in [0.5, 0.6) is 5.75 Å². The van der Waals surface area contributed by atoms with Crippen LogP contribution in [0, 0.1) is 6.92 Å². The zero-order valence-corrected chi connectivity index (χ0v) is 22.0. The Bertz CT molecular complexity index is 1350. The van der Waals surface area contributed by atoms with Gasteiger partial charge in [-0.05, 0) is 68.7 Å². The smallest absolute Gasteiger partial charge is 0.374 e. The SMILES string of the molecule is Cc1ccc(CNc2ccc3c(c2)C(OCCc2ccccc2)C(OC(=O)c2ccco2)C(C)(C)O3)cc1. The summed E-state index contributed by atoms with van der Waals surface area (Å²) in [6, 6.07) is 27.9. The predicted molar refractivity (Wildman–Crippen MR) is 146 cm³/mol. The highest BCUT2D eigenvalue weighted by Gasteiger charge is 2.47. The molecule has 1 aliphatic heterocycles. The quantitative estimate of drug-likeness (QED) is 0.247. The third-order valence-corrected chi connectivity index (χ3v) is 6.75. The summed E-state index contributed by atoms with van der Waals surface area (Å²) in [4.78, 5) is 12.9. The Morgan fingerprint density at radius 3 is 2.47 bits per heavy atom. The molecule has 2 atom stereocenters. The first-order chi connectivity index (χ1) is 18.4. The van der Waals surface area contributed by atoms with Gasteiger partial charge in [-0.25, -0.2) is 4.79 Å². The van der Waals surface area contributed by atoms with Gasteiger partial charge < -0.3 is 23.9 Å². The molecule has 2 heterocycles. The van der Waals surface area contributed by atoms with E-state index in [1.54, 1.807) is 12.1 Å². The van der Waals surface area contributed by atoms with Crippen LogP contribution < -0.4 is 10.1 Å². The number of benzene rings is 3. The molecular formula is C32H33NO5. The van der Waals surface area contributed by atoms with E-state index < -0.39 is 23.8 Å². The fourth-order valence-electron chi connectivity index (χ4n) is 4.65. The first kappa shape index (κ1) is 25.6. The molecule has 0 saturated carbocycles. The molecule has 6 heteroatoms. The number of ether oxygens (including phenoxy) is 3. The van der Waals surface area contributed by atoms with Crippen LogP contribution in [0.2, 0.25) is 0 Å². The van der Waals surface area contributed by atoms with Crippen LogP contribution in [0.3, 0.4) is 0 Å². The molecule has 0 saturated heterocycles. The van der Waals surface area contributed by atoms with E-state index in [0.717, 1.165) is 17.7 Å². The van der Waals surface area contributed by atoms with E-state index in [0.29, 0.717) is 18.9 Å². The van der Waals surface area contributed by atoms with Crippen LogP contribution in [0.15, 0.2) is 95.6 Å². The summed E-state index contributed by atoms with van der Waals surface area (Å²) in [5, 5.41) is 3.50. The number of fused-ring (bicyclic) bond motifs is 1. The molecule has 1 aliphatic rings. The average Bonchev–Trinajstić information content (AvgIpc) is 3.46. The number of furan rings is 1. The van der Waals surface area contributed by atoms with Gasteiger partial charge in [-0.3, -0.25) is 0 Å². The minimum Gasteiger partial charge on any atom is -0.483 e. The second-order valence-electron chi connectivity index (χ2n) is 10.1. The summed E-state index contributed by atoms with van der Waals surface area (Å²) in [6.45, 7) is 7.04. The Kier molecular flexibility index (Phi) is 7.52. The van der Waals surface area contributed by atoms with Gasteiger partial charge in [-0.2, -0.15) is 0 Å². The monoisotopic (exact) mass is 511 g/mol. The molecule has 196 valence electrons. The molecule has 38 heavy (non-hydrogen) atoms. The van der Waals surface area contributed by atoms with Crippen LogP contribution >= 0.6 is 0 Å². The molecule has 1 N–H and O–H groups in total. The van der Waals surface area contributed by atoms with E-state index in [2.05, 4.69) is 48.6 Å². The third-order valence-electron chi connectivity index (χ3n) is 6.75. The van der Waals surface area contributed by atoms with E-state index in [4.69, 9.17) is 18.6 Å². The van der Waals surface area contributed by atoms with Gasteiger partial charge in [0.1, 0.15) is 17.5 Å². The first-order valence-electron chi connectivity index (χ1n) is 12.9. The van der Waals surface area contributed by atoms with E-state index in [9.17, 15) is 4.79 Å². The number of rotatable bonds is 9. The van der Waals surface area contributed by atoms with Crippen molar-refractivity contribution < 1.29 is 23.4 Å². The Morgan fingerprint density at radius 2 is 1.74 bits per heavy atom. The lowest BCUT2D eigenvalue weighted by Crippen LogP contribution is -2.51. The fraction of sp³-hybridized carbons (Fsp3) is 0.281. The minimum atomic E-state index is -0.830. The van der Waals surface area contributed by atoms with Gasteiger partial charge in [0.25, 0.3) is 0 Å². The van der Waals surface area contributed by atoms with E-state index in [1.165, 1.54) is 23.0 Å². The van der Waals surface area contributed by atoms with Crippen molar-refractivity contribution in [2.75, 3.05) is 11.9 Å². The summed E-state index contributed by atoms with van der Waals surface area (Å²) in [7, 11) is 0. The highest BCUT2D eigenvalue weighted by molar-refractivity contribution is 5.86. The standard InChI is InChI=1S/C32H33NO5/c1-22-11-13-24(14-12-22)21-33-25-15-16-27-26(20-25)29(36-19-17-23-8-5-4-6-9-23)30(32(2,3)38-27)37-31(34)28-10-7-18-35-28/h4-16,18,20,29-30,33H,17,19,21H2,1-3H3. The number of esters is 1. The van der Waals surface area contributed by atoms with Gasteiger partial charge in [-0.15, -0.1) is 0 Å². The lowest BCUT2D eigenvalue weighted by atomic mass is 9.87. The topological polar surface area (TPSA) is 69.9 Å². The number of hydrogen-bond donors (Lipinski definition) is 1. The Balaban J connectivity index is 1.41. The minimum absolute atomic E-state index is 0.142. The number of carbonyl (C=O) groups excluding carboxylic acids is 1. The van der Waals surface area contributed by atoms with Crippen LogP contribution in [0.1, 0.15) is 52.8 Å². The predicted octanol–water partition coefficient (Wildman–Crippen LogP) is 6.90. The lowest BCUT2D eigenvalue weighted by molar-refractivity contribution is -0.140. The molecule has 0 fully saturated rings. The summed E-state index contributed by atoms with van der Waals surface area (Å²) in [5.74, 6) is 0.305. The second kappa shape index (κ2) is 11.2. The molecule has 0 aliphatic carbocycles. The normalized spacial score (nSPS) is 17.8. The highest BCUT2D eigenvalue weighted by Crippen LogP contribution is 2.44. The van der Waals surface area contributed by atoms with Crippen molar-refractivity contribution in [3.63, 3.8) is 0 Å². The molecule has 0 radical (unpaired) electrons. The summed E-state index contributed by atoms with van der Waals surface area (Å²) < 4.78 is 24.1. The van der Waals surface area contributed by atoms with Crippen LogP contribution in [-0.2, 0) is 22.4 Å². The maximum Gasteiger partial charge on any atom is 0.374 e. The van der Waals surface area contributed by atoms with Gasteiger partial charge in [0, 0.05) is 17.8 Å². The lowest BCUT2D eigenvalue weighted by Gasteiger charge is -2.43. The van der Waals surface area contributed by atoms with Crippen LogP contribution in [-0.4, -0.2) is 24.3 Å². The summed E-state index contributed by atoms with van der Waals surface area (Å²) in [5.41, 5.74) is 4.53. The Morgan fingerprint density at radius 1 is 0.947 bits per heavy atom. The average molecular weight is 512 g/mol. The number of carbonyl (C=O) groups is 1. The van der Waals surface area contributed by atoms with Crippen molar-refractivity contribution in [1.29, 1.82) is 0 Å². The van der Waals surface area contributed by atoms with Gasteiger partial charge in [0.2, 0.25) is 5.76 Å². The second-order valence-corrected chi connectivity index (χ2v) is 10.1. The number of aryl methyl sites for hydroxylation is 1. The molecule has 0 bridgehead atoms. The largest absolute Gasteiger partial charge is 0.483 e. The molecule has 3 aromatic carbocycles. The molecule has 1 aromatic heterocycles. The molecule has 0 spiro atoms. The van der Waals surface area contributed by atoms with Crippen molar-refractivity contribution in [1.82, 2.24) is 0 Å². The maximum absolute atomic E-state index is 12.9. The van der Waals surface area contributed by atoms with E-state index >= 15 is 0 Å². The zero-order chi connectivity index (χ0) is 26.5. The Labute approximate surface area is 223 Å². The summed E-state index contributed by atoms with van der Waals surface area (Å²) in [6.07, 6.45) is 0.958. The van der Waals surface area contributed by atoms with Crippen molar-refractivity contribution >= 4 is 11.7 Å². The highest BCUT2D eigenvalue weighted by atomic mass is 16.6. The molecule has 0 amide bonds. The molecule has 5 rings (SSSR count). The third kappa shape index (κ3) is 5.92. The summed E-state index contributed by atoms with van der Waals surface area (Å²) >= 11 is 0. The molecular weight excluding hydrogens is 478 g/mol. The molecule has 4 aromatic rings. The van der Waals surface area contributed by atoms with Gasteiger partial charge >= 0.3 is 5.97 Å². The first-order valence-corrected chi connectivity index (χ1v) is 12.9. The number of hydrogen-bond acceptors (Lipinski definition) is 6. The van der Waals surface area contributed by atoms with Crippen molar-refractivity contribution in [3.05, 3.63) is 119 Å². The van der Waals surface area contributed by atoms with Crippen molar-refractivity contribution in [3.8, 4) is 5.75 Å². The van der Waals surface area contributed by atoms with E-state index in [-0.39, 0.29) is 5.76 Å². The van der Waals surface area contributed by atoms with Crippen LogP contribution in [0.4, 0.5) is 5.69 Å². The van der Waals surface area contributed by atoms with Gasteiger partial charge in [-0.1, -0.05) is 60.2 Å².